The molecule has 0 saturated heterocycles. The minimum Gasteiger partial charge on any atom is -0.333 e. The fraction of sp³-hybridized carbons (Fsp3) is 0.263. The van der Waals surface area contributed by atoms with Crippen LogP contribution in [0.3, 0.4) is 0 Å². The number of rotatable bonds is 0. The standard InChI is InChI=1S/C19H19N3O2/c1-20-14-10-6-8-12-7-4-5-9-13(11-12)15(14)16-17(20)21(2)19(24)22(3)18(16)23/h4-9H,10-11H2,1-3H3/b8-6-. The molecule has 0 N–H and O–H groups in total. The Morgan fingerprint density at radius 3 is 2.50 bits per heavy atom. The lowest BCUT2D eigenvalue weighted by atomic mass is 9.93. The first-order chi connectivity index (χ1) is 11.5. The van der Waals surface area contributed by atoms with Crippen molar-refractivity contribution in [3.8, 4) is 0 Å². The van der Waals surface area contributed by atoms with Gasteiger partial charge in [-0.15, -0.1) is 0 Å². The molecule has 2 aliphatic carbocycles. The molecule has 24 heavy (non-hydrogen) atoms. The van der Waals surface area contributed by atoms with Gasteiger partial charge in [0.1, 0.15) is 5.65 Å². The summed E-state index contributed by atoms with van der Waals surface area (Å²) in [6, 6.07) is 0. The maximum Gasteiger partial charge on any atom is 0.332 e. The van der Waals surface area contributed by atoms with Crippen LogP contribution in [0.25, 0.3) is 16.6 Å². The maximum atomic E-state index is 12.9. The van der Waals surface area contributed by atoms with Crippen LogP contribution in [0.2, 0.25) is 0 Å². The zero-order chi connectivity index (χ0) is 17.0. The van der Waals surface area contributed by atoms with Gasteiger partial charge in [0.15, 0.2) is 0 Å². The van der Waals surface area contributed by atoms with Crippen molar-refractivity contribution in [1.82, 2.24) is 13.7 Å². The third kappa shape index (κ3) is 1.87. The number of hydrogen-bond donors (Lipinski definition) is 0. The smallest absolute Gasteiger partial charge is 0.332 e. The van der Waals surface area contributed by atoms with E-state index in [1.54, 1.807) is 18.7 Å². The minimum atomic E-state index is -0.299. The van der Waals surface area contributed by atoms with Gasteiger partial charge in [0, 0.05) is 38.8 Å². The first-order valence-corrected chi connectivity index (χ1v) is 8.01. The molecular formula is C19H19N3O2. The highest BCUT2D eigenvalue weighted by molar-refractivity contribution is 5.94. The first-order valence-electron chi connectivity index (χ1n) is 8.01. The number of allylic oxidation sites excluding steroid dienone is 8. The average Bonchev–Trinajstić information content (AvgIpc) is 2.73. The molecule has 2 aromatic rings. The number of aromatic nitrogens is 3. The molecule has 0 atom stereocenters. The number of aryl methyl sites for hydroxylation is 2. The summed E-state index contributed by atoms with van der Waals surface area (Å²) in [7, 11) is 5.19. The van der Waals surface area contributed by atoms with Crippen LogP contribution < -0.4 is 11.2 Å². The van der Waals surface area contributed by atoms with Crippen LogP contribution in [0.5, 0.6) is 0 Å². The highest BCUT2D eigenvalue weighted by Crippen LogP contribution is 2.35. The van der Waals surface area contributed by atoms with Crippen LogP contribution in [0.15, 0.2) is 51.6 Å². The molecule has 2 aromatic heterocycles. The largest absolute Gasteiger partial charge is 0.333 e. The number of nitrogens with zero attached hydrogens (tertiary/aromatic N) is 3. The Balaban J connectivity index is 2.24. The van der Waals surface area contributed by atoms with Crippen molar-refractivity contribution in [3.05, 3.63) is 74.1 Å². The fourth-order valence-corrected chi connectivity index (χ4v) is 3.77. The van der Waals surface area contributed by atoms with Gasteiger partial charge in [0.2, 0.25) is 0 Å². The molecule has 0 saturated carbocycles. The van der Waals surface area contributed by atoms with E-state index < -0.39 is 0 Å². The lowest BCUT2D eigenvalue weighted by Gasteiger charge is -2.13. The van der Waals surface area contributed by atoms with Gasteiger partial charge in [-0.3, -0.25) is 13.9 Å². The van der Waals surface area contributed by atoms with Gasteiger partial charge in [0.25, 0.3) is 5.56 Å². The third-order valence-electron chi connectivity index (χ3n) is 4.97. The van der Waals surface area contributed by atoms with Crippen molar-refractivity contribution in [2.24, 2.45) is 21.1 Å². The molecule has 2 aliphatic rings. The maximum absolute atomic E-state index is 12.9. The van der Waals surface area contributed by atoms with E-state index in [9.17, 15) is 9.59 Å². The van der Waals surface area contributed by atoms with Gasteiger partial charge >= 0.3 is 5.69 Å². The van der Waals surface area contributed by atoms with Crippen molar-refractivity contribution in [2.75, 3.05) is 0 Å². The van der Waals surface area contributed by atoms with Crippen molar-refractivity contribution in [1.29, 1.82) is 0 Å². The summed E-state index contributed by atoms with van der Waals surface area (Å²) in [6.45, 7) is 0. The van der Waals surface area contributed by atoms with Gasteiger partial charge in [-0.2, -0.15) is 0 Å². The molecule has 122 valence electrons. The number of hydrogen-bond acceptors (Lipinski definition) is 2. The second-order valence-electron chi connectivity index (χ2n) is 6.39. The van der Waals surface area contributed by atoms with Crippen molar-refractivity contribution >= 4 is 16.6 Å². The Kier molecular flexibility index (Phi) is 3.13. The van der Waals surface area contributed by atoms with E-state index in [-0.39, 0.29) is 11.2 Å². The summed E-state index contributed by atoms with van der Waals surface area (Å²) >= 11 is 0. The van der Waals surface area contributed by atoms with E-state index in [2.05, 4.69) is 24.3 Å². The molecular weight excluding hydrogens is 302 g/mol. The lowest BCUT2D eigenvalue weighted by molar-refractivity contribution is 0.695. The monoisotopic (exact) mass is 321 g/mol. The molecule has 0 unspecified atom stereocenters. The van der Waals surface area contributed by atoms with Gasteiger partial charge < -0.3 is 4.57 Å². The van der Waals surface area contributed by atoms with Crippen molar-refractivity contribution < 1.29 is 0 Å². The average molecular weight is 321 g/mol. The summed E-state index contributed by atoms with van der Waals surface area (Å²) in [5, 5.41) is 0.633. The molecule has 0 radical (unpaired) electrons. The molecule has 0 spiro atoms. The van der Waals surface area contributed by atoms with Crippen LogP contribution in [0.4, 0.5) is 0 Å². The second-order valence-corrected chi connectivity index (χ2v) is 6.39. The number of fused-ring (bicyclic) bond motifs is 6. The predicted octanol–water partition coefficient (Wildman–Crippen LogP) is 1.96. The third-order valence-corrected chi connectivity index (χ3v) is 4.97. The van der Waals surface area contributed by atoms with Gasteiger partial charge in [-0.1, -0.05) is 36.5 Å². The van der Waals surface area contributed by atoms with Gasteiger partial charge in [-0.05, 0) is 17.6 Å². The topological polar surface area (TPSA) is 48.9 Å². The quantitative estimate of drug-likeness (QED) is 0.745. The highest BCUT2D eigenvalue weighted by atomic mass is 16.2. The predicted molar refractivity (Wildman–Crippen MR) is 96.1 cm³/mol. The zero-order valence-electron chi connectivity index (χ0n) is 14.0. The Labute approximate surface area is 139 Å². The molecule has 4 rings (SSSR count). The Morgan fingerprint density at radius 2 is 1.71 bits per heavy atom. The lowest BCUT2D eigenvalue weighted by Crippen LogP contribution is -2.37. The summed E-state index contributed by atoms with van der Waals surface area (Å²) < 4.78 is 4.75. The van der Waals surface area contributed by atoms with Crippen molar-refractivity contribution in [3.63, 3.8) is 0 Å². The highest BCUT2D eigenvalue weighted by Gasteiger charge is 2.25. The van der Waals surface area contributed by atoms with E-state index in [1.165, 1.54) is 10.1 Å². The summed E-state index contributed by atoms with van der Waals surface area (Å²) in [5.74, 6) is 0. The molecule has 5 heteroatoms. The van der Waals surface area contributed by atoms with Gasteiger partial charge in [-0.25, -0.2) is 4.79 Å². The fourth-order valence-electron chi connectivity index (χ4n) is 3.77. The molecule has 2 bridgehead atoms. The minimum absolute atomic E-state index is 0.228. The Bertz CT molecular complexity index is 1110. The van der Waals surface area contributed by atoms with E-state index in [0.717, 1.165) is 29.7 Å². The molecule has 0 aromatic carbocycles. The van der Waals surface area contributed by atoms with Gasteiger partial charge in [0.05, 0.1) is 5.39 Å². The summed E-state index contributed by atoms with van der Waals surface area (Å²) in [6.07, 6.45) is 14.0. The zero-order valence-corrected chi connectivity index (χ0v) is 14.0. The van der Waals surface area contributed by atoms with E-state index in [4.69, 9.17) is 0 Å². The molecule has 0 fully saturated rings. The van der Waals surface area contributed by atoms with E-state index >= 15 is 0 Å². The SMILES string of the molecule is Cn1c(=O)c2c3c(n(C)c2n(C)c1=O)C/C=C\C1=CC=CC=C3C1. The summed E-state index contributed by atoms with van der Waals surface area (Å²) in [4.78, 5) is 25.2. The van der Waals surface area contributed by atoms with Crippen LogP contribution >= 0.6 is 0 Å². The summed E-state index contributed by atoms with van der Waals surface area (Å²) in [5.41, 5.74) is 4.55. The molecule has 0 aliphatic heterocycles. The Hall–Kier alpha value is -2.82. The Morgan fingerprint density at radius 1 is 0.958 bits per heavy atom. The van der Waals surface area contributed by atoms with Crippen molar-refractivity contribution in [2.45, 2.75) is 12.8 Å². The van der Waals surface area contributed by atoms with Crippen LogP contribution in [0, 0.1) is 0 Å². The molecule has 5 nitrogen and oxygen atoms in total. The van der Waals surface area contributed by atoms with Crippen LogP contribution in [-0.2, 0) is 27.6 Å². The molecule has 2 heterocycles. The van der Waals surface area contributed by atoms with Crippen LogP contribution in [-0.4, -0.2) is 13.7 Å². The second kappa shape index (κ2) is 5.09. The van der Waals surface area contributed by atoms with E-state index in [0.29, 0.717) is 11.0 Å². The first kappa shape index (κ1) is 14.8. The van der Waals surface area contributed by atoms with E-state index in [1.807, 2.05) is 23.8 Å². The van der Waals surface area contributed by atoms with Crippen LogP contribution in [0.1, 0.15) is 17.7 Å². The molecule has 0 amide bonds. The normalized spacial score (nSPS) is 17.6.